The first-order chi connectivity index (χ1) is 17.9. The second-order valence-electron chi connectivity index (χ2n) is 15.0. The number of nitrogens with zero attached hydrogens (tertiary/aromatic N) is 1. The first kappa shape index (κ1) is 28.6. The van der Waals surface area contributed by atoms with Crippen LogP contribution in [0.15, 0.2) is 29.4 Å². The van der Waals surface area contributed by atoms with Crippen molar-refractivity contribution in [2.24, 2.45) is 52.3 Å². The highest BCUT2D eigenvalue weighted by Gasteiger charge is 2.61. The Kier molecular flexibility index (Phi) is 7.88. The first-order valence-corrected chi connectivity index (χ1v) is 17.4. The minimum absolute atomic E-state index is 0.0891. The maximum absolute atomic E-state index is 13.1. The molecule has 1 N–H and O–H groups in total. The van der Waals surface area contributed by atoms with Crippen LogP contribution in [0.1, 0.15) is 112 Å². The Hall–Kier alpha value is -0.940. The standard InChI is InChI=1S/C33H53NO3S/c1-23(2)9-8-10-24(3)27-14-15-28-26-13-12-25-21-33(35,22-38(36,37)30-11-6-7-20-34-30)19-18-31(25,4)29(26)16-17-32(27,28)5/h6-7,11,20,23-29,35H,8-10,12-19,21-22H2,1-5H3/t24-,25+,26?,27-,28?,29?,31+,32-,33-/m1/s1. The summed E-state index contributed by atoms with van der Waals surface area (Å²) in [5.41, 5.74) is -0.416. The SMILES string of the molecule is CC(C)CCC[C@@H](C)[C@H]1CCC2C3CC[C@H]4C[C@@](O)(CS(=O)(=O)c5ccccn5)CC[C@]4(C)C3CC[C@@]21C. The highest BCUT2D eigenvalue weighted by molar-refractivity contribution is 7.91. The minimum atomic E-state index is -3.61. The van der Waals surface area contributed by atoms with Gasteiger partial charge in [-0.2, -0.15) is 0 Å². The van der Waals surface area contributed by atoms with E-state index in [0.29, 0.717) is 24.2 Å². The molecule has 0 saturated heterocycles. The number of aliphatic hydroxyl groups is 1. The largest absolute Gasteiger partial charge is 0.389 e. The molecule has 5 heteroatoms. The molecule has 4 aliphatic carbocycles. The van der Waals surface area contributed by atoms with Crippen LogP contribution in [0.3, 0.4) is 0 Å². The molecule has 9 atom stereocenters. The van der Waals surface area contributed by atoms with Gasteiger partial charge < -0.3 is 5.11 Å². The smallest absolute Gasteiger partial charge is 0.198 e. The molecule has 3 unspecified atom stereocenters. The lowest BCUT2D eigenvalue weighted by Crippen LogP contribution is -2.57. The highest BCUT2D eigenvalue weighted by atomic mass is 32.2. The Labute approximate surface area is 232 Å². The van der Waals surface area contributed by atoms with Gasteiger partial charge in [0.05, 0.1) is 11.4 Å². The molecule has 5 rings (SSSR count). The minimum Gasteiger partial charge on any atom is -0.389 e. The van der Waals surface area contributed by atoms with Crippen molar-refractivity contribution in [3.05, 3.63) is 24.4 Å². The van der Waals surface area contributed by atoms with Crippen molar-refractivity contribution in [3.8, 4) is 0 Å². The average Bonchev–Trinajstić information content (AvgIpc) is 3.22. The topological polar surface area (TPSA) is 67.3 Å². The fourth-order valence-electron chi connectivity index (χ4n) is 10.4. The van der Waals surface area contributed by atoms with Crippen LogP contribution in [-0.2, 0) is 9.84 Å². The summed E-state index contributed by atoms with van der Waals surface area (Å²) < 4.78 is 26.2. The second kappa shape index (κ2) is 10.5. The van der Waals surface area contributed by atoms with E-state index in [1.165, 1.54) is 57.6 Å². The highest BCUT2D eigenvalue weighted by Crippen LogP contribution is 2.69. The zero-order chi connectivity index (χ0) is 27.3. The number of sulfone groups is 1. The molecular weight excluding hydrogens is 490 g/mol. The number of rotatable bonds is 8. The van der Waals surface area contributed by atoms with E-state index in [-0.39, 0.29) is 16.2 Å². The molecule has 0 amide bonds. The molecule has 0 bridgehead atoms. The van der Waals surface area contributed by atoms with Crippen LogP contribution in [0.25, 0.3) is 0 Å². The molecular formula is C33H53NO3S. The molecule has 4 aliphatic rings. The monoisotopic (exact) mass is 543 g/mol. The number of aromatic nitrogens is 1. The maximum atomic E-state index is 13.1. The van der Waals surface area contributed by atoms with Gasteiger partial charge in [-0.05, 0) is 122 Å². The zero-order valence-electron chi connectivity index (χ0n) is 24.7. The van der Waals surface area contributed by atoms with Crippen molar-refractivity contribution >= 4 is 9.84 Å². The van der Waals surface area contributed by atoms with Crippen molar-refractivity contribution < 1.29 is 13.5 Å². The maximum Gasteiger partial charge on any atom is 0.198 e. The van der Waals surface area contributed by atoms with Crippen LogP contribution in [0, 0.1) is 52.3 Å². The van der Waals surface area contributed by atoms with E-state index >= 15 is 0 Å². The molecule has 1 aromatic heterocycles. The van der Waals surface area contributed by atoms with E-state index in [0.717, 1.165) is 48.3 Å². The van der Waals surface area contributed by atoms with Crippen molar-refractivity contribution in [2.45, 2.75) is 122 Å². The van der Waals surface area contributed by atoms with E-state index in [9.17, 15) is 13.5 Å². The third-order valence-electron chi connectivity index (χ3n) is 12.4. The molecule has 4 fully saturated rings. The number of hydrogen-bond acceptors (Lipinski definition) is 4. The molecule has 214 valence electrons. The summed E-state index contributed by atoms with van der Waals surface area (Å²) in [4.78, 5) is 4.08. The lowest BCUT2D eigenvalue weighted by molar-refractivity contribution is -0.147. The Morgan fingerprint density at radius 1 is 0.947 bits per heavy atom. The molecule has 38 heavy (non-hydrogen) atoms. The third-order valence-corrected chi connectivity index (χ3v) is 14.2. The van der Waals surface area contributed by atoms with Gasteiger partial charge in [0, 0.05) is 6.20 Å². The summed E-state index contributed by atoms with van der Waals surface area (Å²) in [6.45, 7) is 12.4. The molecule has 1 heterocycles. The van der Waals surface area contributed by atoms with Crippen LogP contribution in [-0.4, -0.2) is 29.9 Å². The summed E-state index contributed by atoms with van der Waals surface area (Å²) in [6, 6.07) is 4.99. The summed E-state index contributed by atoms with van der Waals surface area (Å²) in [5, 5.41) is 11.7. The normalized spacial score (nSPS) is 41.8. The predicted octanol–water partition coefficient (Wildman–Crippen LogP) is 7.71. The van der Waals surface area contributed by atoms with Crippen LogP contribution < -0.4 is 0 Å². The van der Waals surface area contributed by atoms with Gasteiger partial charge in [0.1, 0.15) is 0 Å². The first-order valence-electron chi connectivity index (χ1n) is 15.7. The van der Waals surface area contributed by atoms with Gasteiger partial charge in [0.15, 0.2) is 14.9 Å². The van der Waals surface area contributed by atoms with E-state index < -0.39 is 15.4 Å². The van der Waals surface area contributed by atoms with Gasteiger partial charge in [-0.3, -0.25) is 0 Å². The Balaban J connectivity index is 1.27. The number of fused-ring (bicyclic) bond motifs is 5. The third kappa shape index (κ3) is 5.13. The lowest BCUT2D eigenvalue weighted by atomic mass is 9.43. The molecule has 0 radical (unpaired) electrons. The molecule has 0 spiro atoms. The van der Waals surface area contributed by atoms with Crippen LogP contribution in [0.2, 0.25) is 0 Å². The van der Waals surface area contributed by atoms with Gasteiger partial charge in [0.2, 0.25) is 0 Å². The van der Waals surface area contributed by atoms with Crippen molar-refractivity contribution in [3.63, 3.8) is 0 Å². The van der Waals surface area contributed by atoms with E-state index in [2.05, 4.69) is 39.6 Å². The fourth-order valence-corrected chi connectivity index (χ4v) is 12.1. The van der Waals surface area contributed by atoms with Crippen LogP contribution in [0.5, 0.6) is 0 Å². The summed E-state index contributed by atoms with van der Waals surface area (Å²) in [7, 11) is -3.61. The van der Waals surface area contributed by atoms with Crippen LogP contribution in [0.4, 0.5) is 0 Å². The van der Waals surface area contributed by atoms with Crippen molar-refractivity contribution in [1.82, 2.24) is 4.98 Å². The molecule has 4 saturated carbocycles. The number of hydrogen-bond donors (Lipinski definition) is 1. The van der Waals surface area contributed by atoms with Gasteiger partial charge in [-0.1, -0.05) is 59.9 Å². The van der Waals surface area contributed by atoms with E-state index in [4.69, 9.17) is 0 Å². The van der Waals surface area contributed by atoms with E-state index in [1.807, 2.05) is 0 Å². The second-order valence-corrected chi connectivity index (χ2v) is 17.0. The quantitative estimate of drug-likeness (QED) is 0.365. The summed E-state index contributed by atoms with van der Waals surface area (Å²) in [6.07, 6.45) is 15.7. The average molecular weight is 544 g/mol. The zero-order valence-corrected chi connectivity index (χ0v) is 25.5. The Bertz CT molecular complexity index is 1070. The van der Waals surface area contributed by atoms with Gasteiger partial charge in [-0.25, -0.2) is 13.4 Å². The van der Waals surface area contributed by atoms with Crippen molar-refractivity contribution in [1.29, 1.82) is 0 Å². The fraction of sp³-hybridized carbons (Fsp3) is 0.848. The summed E-state index contributed by atoms with van der Waals surface area (Å²) in [5.74, 6) is 5.12. The Morgan fingerprint density at radius 3 is 2.42 bits per heavy atom. The van der Waals surface area contributed by atoms with E-state index in [1.54, 1.807) is 18.2 Å². The number of pyridine rings is 1. The van der Waals surface area contributed by atoms with Crippen molar-refractivity contribution in [2.75, 3.05) is 5.75 Å². The van der Waals surface area contributed by atoms with Gasteiger partial charge in [-0.15, -0.1) is 0 Å². The lowest BCUT2D eigenvalue weighted by Gasteiger charge is -2.62. The van der Waals surface area contributed by atoms with Gasteiger partial charge >= 0.3 is 0 Å². The summed E-state index contributed by atoms with van der Waals surface area (Å²) >= 11 is 0. The molecule has 1 aromatic rings. The predicted molar refractivity (Wildman–Crippen MR) is 154 cm³/mol. The molecule has 0 aromatic carbocycles. The molecule has 4 nitrogen and oxygen atoms in total. The molecule has 0 aliphatic heterocycles. The van der Waals surface area contributed by atoms with Gasteiger partial charge in [0.25, 0.3) is 0 Å². The Morgan fingerprint density at radius 2 is 1.71 bits per heavy atom. The van der Waals surface area contributed by atoms with Crippen LogP contribution >= 0.6 is 0 Å².